The van der Waals surface area contributed by atoms with Crippen molar-refractivity contribution in [1.82, 2.24) is 0 Å². The van der Waals surface area contributed by atoms with Crippen LogP contribution in [0.4, 0.5) is 30.6 Å². The van der Waals surface area contributed by atoms with Crippen LogP contribution in [0, 0.1) is 23.0 Å². The molecule has 0 saturated heterocycles. The zero-order valence-corrected chi connectivity index (χ0v) is 10.7. The number of nitrogens with two attached hydrogens (primary N) is 1. The van der Waals surface area contributed by atoms with Gasteiger partial charge in [-0.1, -0.05) is 6.07 Å². The van der Waals surface area contributed by atoms with E-state index in [1.54, 1.807) is 18.2 Å². The summed E-state index contributed by atoms with van der Waals surface area (Å²) >= 11 is 0. The maximum Gasteiger partial charge on any atom is 0.323 e. The van der Waals surface area contributed by atoms with Crippen LogP contribution in [0.15, 0.2) is 36.4 Å². The van der Waals surface area contributed by atoms with Crippen LogP contribution >= 0.6 is 0 Å². The summed E-state index contributed by atoms with van der Waals surface area (Å²) in [5.41, 5.74) is 5.62. The van der Waals surface area contributed by atoms with E-state index in [1.165, 1.54) is 6.07 Å². The van der Waals surface area contributed by atoms with Crippen molar-refractivity contribution >= 4 is 23.1 Å². The highest BCUT2D eigenvalue weighted by Gasteiger charge is 2.12. The highest BCUT2D eigenvalue weighted by Crippen LogP contribution is 2.24. The van der Waals surface area contributed by atoms with Gasteiger partial charge >= 0.3 is 6.03 Å². The van der Waals surface area contributed by atoms with E-state index in [-0.39, 0.29) is 11.4 Å². The first-order valence-corrected chi connectivity index (χ1v) is 5.82. The number of rotatable bonds is 2. The summed E-state index contributed by atoms with van der Waals surface area (Å²) in [6.07, 6.45) is 0. The van der Waals surface area contributed by atoms with Crippen molar-refractivity contribution in [3.8, 4) is 6.07 Å². The molecule has 0 aliphatic heterocycles. The molecule has 0 heterocycles. The molecule has 0 aromatic heterocycles. The Morgan fingerprint density at radius 3 is 2.62 bits per heavy atom. The zero-order valence-electron chi connectivity index (χ0n) is 10.7. The second-order valence-corrected chi connectivity index (χ2v) is 4.12. The lowest BCUT2D eigenvalue weighted by atomic mass is 10.2. The molecule has 2 aromatic rings. The molecule has 0 aliphatic carbocycles. The SMILES string of the molecule is N#Cc1cccc(NC(=O)Nc2c(N)cc(F)cc2F)c1. The molecule has 0 radical (unpaired) electrons. The standard InChI is InChI=1S/C14H10F2N4O/c15-9-5-11(16)13(12(18)6-9)20-14(21)19-10-3-1-2-8(4-10)7-17/h1-6H,18H2,(H2,19,20,21). The van der Waals surface area contributed by atoms with Gasteiger partial charge in [0, 0.05) is 11.8 Å². The van der Waals surface area contributed by atoms with Gasteiger partial charge in [0.2, 0.25) is 0 Å². The van der Waals surface area contributed by atoms with E-state index < -0.39 is 17.7 Å². The summed E-state index contributed by atoms with van der Waals surface area (Å²) in [6, 6.07) is 8.83. The molecule has 2 rings (SSSR count). The fraction of sp³-hybridized carbons (Fsp3) is 0. The Bertz CT molecular complexity index is 717. The van der Waals surface area contributed by atoms with Gasteiger partial charge in [-0.05, 0) is 24.3 Å². The van der Waals surface area contributed by atoms with E-state index in [2.05, 4.69) is 10.6 Å². The number of halogens is 2. The van der Waals surface area contributed by atoms with Crippen molar-refractivity contribution in [2.45, 2.75) is 0 Å². The van der Waals surface area contributed by atoms with Crippen LogP contribution in [0.2, 0.25) is 0 Å². The number of carbonyl (C=O) groups is 1. The van der Waals surface area contributed by atoms with Gasteiger partial charge in [-0.15, -0.1) is 0 Å². The predicted octanol–water partition coefficient (Wildman–Crippen LogP) is 3.06. The van der Waals surface area contributed by atoms with Crippen molar-refractivity contribution in [2.75, 3.05) is 16.4 Å². The first kappa shape index (κ1) is 14.3. The topological polar surface area (TPSA) is 90.9 Å². The largest absolute Gasteiger partial charge is 0.397 e. The van der Waals surface area contributed by atoms with Crippen LogP contribution in [0.1, 0.15) is 5.56 Å². The Labute approximate surface area is 119 Å². The van der Waals surface area contributed by atoms with E-state index in [0.717, 1.165) is 6.07 Å². The molecule has 0 aliphatic rings. The number of anilines is 3. The number of nitrogens with one attached hydrogen (secondary N) is 2. The first-order valence-electron chi connectivity index (χ1n) is 5.82. The van der Waals surface area contributed by atoms with Gasteiger partial charge in [-0.2, -0.15) is 5.26 Å². The highest BCUT2D eigenvalue weighted by molar-refractivity contribution is 6.01. The van der Waals surface area contributed by atoms with Crippen LogP contribution in [0.25, 0.3) is 0 Å². The second-order valence-electron chi connectivity index (χ2n) is 4.12. The fourth-order valence-corrected chi connectivity index (χ4v) is 1.67. The molecule has 0 bridgehead atoms. The average molecular weight is 288 g/mol. The Hall–Kier alpha value is -3.14. The number of nitrogens with zero attached hydrogens (tertiary/aromatic N) is 1. The van der Waals surface area contributed by atoms with Gasteiger partial charge in [-0.3, -0.25) is 0 Å². The van der Waals surface area contributed by atoms with Gasteiger partial charge < -0.3 is 16.4 Å². The van der Waals surface area contributed by atoms with E-state index in [1.807, 2.05) is 6.07 Å². The molecule has 0 saturated carbocycles. The third-order valence-corrected chi connectivity index (χ3v) is 2.57. The molecular formula is C14H10F2N4O. The smallest absolute Gasteiger partial charge is 0.323 e. The molecule has 2 amide bonds. The van der Waals surface area contributed by atoms with E-state index in [9.17, 15) is 13.6 Å². The maximum atomic E-state index is 13.5. The number of benzene rings is 2. The molecule has 7 heteroatoms. The van der Waals surface area contributed by atoms with Crippen molar-refractivity contribution < 1.29 is 13.6 Å². The lowest BCUT2D eigenvalue weighted by Crippen LogP contribution is -2.21. The Balaban J connectivity index is 2.14. The van der Waals surface area contributed by atoms with Crippen molar-refractivity contribution in [3.63, 3.8) is 0 Å². The van der Waals surface area contributed by atoms with Gasteiger partial charge in [0.1, 0.15) is 11.5 Å². The lowest BCUT2D eigenvalue weighted by Gasteiger charge is -2.11. The molecule has 0 spiro atoms. The third kappa shape index (κ3) is 3.45. The van der Waals surface area contributed by atoms with Gasteiger partial charge in [0.25, 0.3) is 0 Å². The minimum absolute atomic E-state index is 0.228. The van der Waals surface area contributed by atoms with Crippen LogP contribution in [0.3, 0.4) is 0 Å². The summed E-state index contributed by atoms with van der Waals surface area (Å²) in [4.78, 5) is 11.7. The zero-order chi connectivity index (χ0) is 15.4. The Morgan fingerprint density at radius 1 is 1.19 bits per heavy atom. The third-order valence-electron chi connectivity index (χ3n) is 2.57. The minimum Gasteiger partial charge on any atom is -0.397 e. The maximum absolute atomic E-state index is 13.5. The van der Waals surface area contributed by atoms with E-state index in [4.69, 9.17) is 11.0 Å². The number of amides is 2. The quantitative estimate of drug-likeness (QED) is 0.742. The lowest BCUT2D eigenvalue weighted by molar-refractivity contribution is 0.262. The number of nitrogen functional groups attached to an aromatic ring is 1. The molecule has 5 nitrogen and oxygen atoms in total. The Kier molecular flexibility index (Phi) is 4.00. The summed E-state index contributed by atoms with van der Waals surface area (Å²) in [5, 5.41) is 13.4. The number of hydrogen-bond acceptors (Lipinski definition) is 3. The van der Waals surface area contributed by atoms with Crippen LogP contribution in [-0.4, -0.2) is 6.03 Å². The number of carbonyl (C=O) groups excluding carboxylic acids is 1. The first-order chi connectivity index (χ1) is 9.99. The summed E-state index contributed by atoms with van der Waals surface area (Å²) in [6.45, 7) is 0. The summed E-state index contributed by atoms with van der Waals surface area (Å²) < 4.78 is 26.4. The van der Waals surface area contributed by atoms with Crippen LogP contribution < -0.4 is 16.4 Å². The van der Waals surface area contributed by atoms with Crippen molar-refractivity contribution in [2.24, 2.45) is 0 Å². The molecular weight excluding hydrogens is 278 g/mol. The second kappa shape index (κ2) is 5.88. The molecule has 21 heavy (non-hydrogen) atoms. The molecule has 0 atom stereocenters. The van der Waals surface area contributed by atoms with Gasteiger partial charge in [0.05, 0.1) is 17.3 Å². The monoisotopic (exact) mass is 288 g/mol. The van der Waals surface area contributed by atoms with Gasteiger partial charge in [0.15, 0.2) is 5.82 Å². The summed E-state index contributed by atoms with van der Waals surface area (Å²) in [5.74, 6) is -1.81. The highest BCUT2D eigenvalue weighted by atomic mass is 19.1. The van der Waals surface area contributed by atoms with Crippen LogP contribution in [-0.2, 0) is 0 Å². The molecule has 2 aromatic carbocycles. The number of urea groups is 1. The van der Waals surface area contributed by atoms with Crippen molar-refractivity contribution in [1.29, 1.82) is 5.26 Å². The minimum atomic E-state index is -0.978. The molecule has 4 N–H and O–H groups in total. The fourth-order valence-electron chi connectivity index (χ4n) is 1.67. The average Bonchev–Trinajstić information content (AvgIpc) is 2.43. The molecule has 106 valence electrons. The van der Waals surface area contributed by atoms with E-state index in [0.29, 0.717) is 17.3 Å². The molecule has 0 unspecified atom stereocenters. The summed E-state index contributed by atoms with van der Waals surface area (Å²) in [7, 11) is 0. The van der Waals surface area contributed by atoms with Crippen molar-refractivity contribution in [3.05, 3.63) is 53.6 Å². The number of hydrogen-bond donors (Lipinski definition) is 3. The Morgan fingerprint density at radius 2 is 1.95 bits per heavy atom. The normalized spacial score (nSPS) is 9.76. The molecule has 0 fully saturated rings. The van der Waals surface area contributed by atoms with Crippen LogP contribution in [0.5, 0.6) is 0 Å². The predicted molar refractivity (Wildman–Crippen MR) is 74.6 cm³/mol. The number of nitriles is 1. The van der Waals surface area contributed by atoms with E-state index >= 15 is 0 Å². The van der Waals surface area contributed by atoms with Gasteiger partial charge in [-0.25, -0.2) is 13.6 Å².